The second kappa shape index (κ2) is 4.55. The van der Waals surface area contributed by atoms with Crippen molar-refractivity contribution in [3.8, 4) is 0 Å². The van der Waals surface area contributed by atoms with E-state index in [4.69, 9.17) is 4.42 Å². The van der Waals surface area contributed by atoms with E-state index in [9.17, 15) is 0 Å². The lowest BCUT2D eigenvalue weighted by molar-refractivity contribution is -0.0781. The highest BCUT2D eigenvalue weighted by Gasteiger charge is 2.55. The molecule has 1 aromatic rings. The van der Waals surface area contributed by atoms with Crippen molar-refractivity contribution in [3.63, 3.8) is 0 Å². The fourth-order valence-electron chi connectivity index (χ4n) is 5.75. The molecule has 0 aromatic carbocycles. The number of hydrogen-bond acceptors (Lipinski definition) is 4. The maximum atomic E-state index is 5.89. The monoisotopic (exact) mass is 275 g/mol. The maximum Gasteiger partial charge on any atom is 0.233 e. The summed E-state index contributed by atoms with van der Waals surface area (Å²) in [5.74, 6) is 4.44. The second-order valence-electron chi connectivity index (χ2n) is 7.39. The van der Waals surface area contributed by atoms with Crippen LogP contribution in [-0.2, 0) is 6.42 Å². The van der Waals surface area contributed by atoms with Gasteiger partial charge in [-0.15, -0.1) is 10.2 Å². The highest BCUT2D eigenvalue weighted by molar-refractivity contribution is 5.10. The molecule has 5 rings (SSSR count). The van der Waals surface area contributed by atoms with Crippen LogP contribution >= 0.6 is 0 Å². The summed E-state index contributed by atoms with van der Waals surface area (Å²) in [7, 11) is 2.05. The van der Waals surface area contributed by atoms with Gasteiger partial charge in [0.1, 0.15) is 0 Å². The van der Waals surface area contributed by atoms with Crippen LogP contribution < -0.4 is 5.32 Å². The van der Waals surface area contributed by atoms with Gasteiger partial charge in [0, 0.05) is 6.42 Å². The maximum absolute atomic E-state index is 5.89. The summed E-state index contributed by atoms with van der Waals surface area (Å²) in [5, 5.41) is 12.0. The van der Waals surface area contributed by atoms with E-state index in [-0.39, 0.29) is 6.04 Å². The van der Waals surface area contributed by atoms with E-state index in [0.717, 1.165) is 36.0 Å². The first kappa shape index (κ1) is 12.8. The van der Waals surface area contributed by atoms with Gasteiger partial charge < -0.3 is 9.73 Å². The van der Waals surface area contributed by atoms with Crippen molar-refractivity contribution < 1.29 is 4.42 Å². The third-order valence-corrected chi connectivity index (χ3v) is 6.02. The van der Waals surface area contributed by atoms with E-state index in [1.54, 1.807) is 0 Å². The number of hydrogen-bond donors (Lipinski definition) is 1. The third kappa shape index (κ3) is 1.84. The molecule has 0 aliphatic heterocycles. The summed E-state index contributed by atoms with van der Waals surface area (Å²) in [5.41, 5.74) is 0.376. The Balaban J connectivity index is 1.66. The van der Waals surface area contributed by atoms with Crippen molar-refractivity contribution in [2.75, 3.05) is 7.05 Å². The van der Waals surface area contributed by atoms with Gasteiger partial charge in [0.25, 0.3) is 0 Å². The lowest BCUT2D eigenvalue weighted by Gasteiger charge is -2.58. The van der Waals surface area contributed by atoms with E-state index < -0.39 is 0 Å². The number of aromatic nitrogens is 2. The summed E-state index contributed by atoms with van der Waals surface area (Å²) < 4.78 is 5.89. The largest absolute Gasteiger partial charge is 0.424 e. The molecule has 20 heavy (non-hydrogen) atoms. The summed E-state index contributed by atoms with van der Waals surface area (Å²) >= 11 is 0. The Morgan fingerprint density at radius 1 is 1.15 bits per heavy atom. The molecule has 4 fully saturated rings. The van der Waals surface area contributed by atoms with E-state index in [1.807, 2.05) is 0 Å². The molecule has 4 aliphatic rings. The summed E-state index contributed by atoms with van der Waals surface area (Å²) in [6, 6.07) is 0.253. The van der Waals surface area contributed by atoms with Gasteiger partial charge in [0.15, 0.2) is 0 Å². The predicted octanol–water partition coefficient (Wildman–Crippen LogP) is 3.11. The van der Waals surface area contributed by atoms with Crippen LogP contribution in [0.25, 0.3) is 0 Å². The molecule has 1 atom stereocenters. The average molecular weight is 275 g/mol. The molecular weight excluding hydrogens is 250 g/mol. The molecule has 1 aromatic heterocycles. The normalized spacial score (nSPS) is 40.2. The smallest absolute Gasteiger partial charge is 0.233 e. The van der Waals surface area contributed by atoms with Crippen LogP contribution in [0, 0.1) is 23.2 Å². The fraction of sp³-hybridized carbons (Fsp3) is 0.875. The molecule has 1 unspecified atom stereocenters. The molecule has 4 heteroatoms. The molecule has 4 saturated carbocycles. The average Bonchev–Trinajstić information content (AvgIpc) is 2.86. The minimum absolute atomic E-state index is 0.253. The van der Waals surface area contributed by atoms with Crippen molar-refractivity contribution >= 4 is 0 Å². The van der Waals surface area contributed by atoms with Crippen LogP contribution in [0.3, 0.4) is 0 Å². The molecule has 4 nitrogen and oxygen atoms in total. The Hall–Kier alpha value is -0.900. The van der Waals surface area contributed by atoms with Crippen LogP contribution in [0.4, 0.5) is 0 Å². The van der Waals surface area contributed by atoms with E-state index in [2.05, 4.69) is 29.5 Å². The van der Waals surface area contributed by atoms with Gasteiger partial charge in [-0.1, -0.05) is 6.92 Å². The van der Waals surface area contributed by atoms with Gasteiger partial charge in [-0.2, -0.15) is 0 Å². The molecular formula is C16H25N3O. The first-order chi connectivity index (χ1) is 9.72. The van der Waals surface area contributed by atoms with Crippen molar-refractivity contribution in [1.29, 1.82) is 0 Å². The van der Waals surface area contributed by atoms with Gasteiger partial charge in [-0.3, -0.25) is 0 Å². The van der Waals surface area contributed by atoms with Crippen LogP contribution in [0.1, 0.15) is 63.3 Å². The van der Waals surface area contributed by atoms with E-state index in [1.165, 1.54) is 38.5 Å². The highest BCUT2D eigenvalue weighted by atomic mass is 16.4. The molecule has 4 aliphatic carbocycles. The molecule has 4 bridgehead atoms. The SMILES string of the molecule is CCc1nnc(C(NC)C23CC4CC(CC(C4)C2)C3)o1. The number of nitrogens with one attached hydrogen (secondary N) is 1. The molecule has 0 amide bonds. The molecule has 110 valence electrons. The first-order valence-electron chi connectivity index (χ1n) is 8.22. The Morgan fingerprint density at radius 3 is 2.20 bits per heavy atom. The zero-order valence-corrected chi connectivity index (χ0v) is 12.6. The lowest BCUT2D eigenvalue weighted by Crippen LogP contribution is -2.51. The summed E-state index contributed by atoms with van der Waals surface area (Å²) in [6.07, 6.45) is 9.31. The van der Waals surface area contributed by atoms with Gasteiger partial charge in [0.2, 0.25) is 11.8 Å². The molecule has 0 spiro atoms. The predicted molar refractivity (Wildman–Crippen MR) is 76.1 cm³/mol. The zero-order valence-electron chi connectivity index (χ0n) is 12.6. The number of nitrogens with zero attached hydrogens (tertiary/aromatic N) is 2. The van der Waals surface area contributed by atoms with Gasteiger partial charge in [-0.05, 0) is 68.7 Å². The van der Waals surface area contributed by atoms with E-state index in [0.29, 0.717) is 5.41 Å². The topological polar surface area (TPSA) is 51.0 Å². The van der Waals surface area contributed by atoms with Crippen LogP contribution in [0.2, 0.25) is 0 Å². The molecule has 0 radical (unpaired) electrons. The third-order valence-electron chi connectivity index (χ3n) is 6.02. The molecule has 1 N–H and O–H groups in total. The van der Waals surface area contributed by atoms with Crippen molar-refractivity contribution in [1.82, 2.24) is 15.5 Å². The first-order valence-corrected chi connectivity index (χ1v) is 8.22. The second-order valence-corrected chi connectivity index (χ2v) is 7.39. The van der Waals surface area contributed by atoms with Gasteiger partial charge in [0.05, 0.1) is 6.04 Å². The quantitative estimate of drug-likeness (QED) is 0.917. The van der Waals surface area contributed by atoms with Gasteiger partial charge >= 0.3 is 0 Å². The van der Waals surface area contributed by atoms with Crippen molar-refractivity contribution in [2.24, 2.45) is 23.2 Å². The lowest BCUT2D eigenvalue weighted by atomic mass is 9.47. The van der Waals surface area contributed by atoms with Crippen molar-refractivity contribution in [2.45, 2.75) is 57.9 Å². The van der Waals surface area contributed by atoms with Crippen LogP contribution in [-0.4, -0.2) is 17.2 Å². The van der Waals surface area contributed by atoms with Crippen molar-refractivity contribution in [3.05, 3.63) is 11.8 Å². The molecule has 0 saturated heterocycles. The Morgan fingerprint density at radius 2 is 1.75 bits per heavy atom. The Bertz CT molecular complexity index is 460. The Labute approximate surface area is 120 Å². The Kier molecular flexibility index (Phi) is 2.92. The van der Waals surface area contributed by atoms with Gasteiger partial charge in [-0.25, -0.2) is 0 Å². The van der Waals surface area contributed by atoms with Crippen LogP contribution in [0.5, 0.6) is 0 Å². The minimum atomic E-state index is 0.253. The number of rotatable bonds is 4. The number of aryl methyl sites for hydroxylation is 1. The molecule has 1 heterocycles. The van der Waals surface area contributed by atoms with Crippen LogP contribution in [0.15, 0.2) is 4.42 Å². The van der Waals surface area contributed by atoms with E-state index >= 15 is 0 Å². The fourth-order valence-corrected chi connectivity index (χ4v) is 5.75. The standard InChI is InChI=1S/C16H25N3O/c1-3-13-18-19-15(20-13)14(17-2)16-7-10-4-11(8-16)6-12(5-10)9-16/h10-12,14,17H,3-9H2,1-2H3. The summed E-state index contributed by atoms with van der Waals surface area (Å²) in [6.45, 7) is 2.07. The zero-order chi connectivity index (χ0) is 13.7. The minimum Gasteiger partial charge on any atom is -0.424 e. The summed E-state index contributed by atoms with van der Waals surface area (Å²) in [4.78, 5) is 0. The highest BCUT2D eigenvalue weighted by Crippen LogP contribution is 2.63.